The molecule has 1 aromatic rings. The van der Waals surface area contributed by atoms with Crippen molar-refractivity contribution in [2.45, 2.75) is 0 Å². The van der Waals surface area contributed by atoms with E-state index in [0.717, 1.165) is 0 Å². The summed E-state index contributed by atoms with van der Waals surface area (Å²) in [4.78, 5) is 13.5. The molecule has 0 atom stereocenters. The summed E-state index contributed by atoms with van der Waals surface area (Å²) in [6, 6.07) is 5.15. The van der Waals surface area contributed by atoms with Crippen LogP contribution < -0.4 is 9.47 Å². The van der Waals surface area contributed by atoms with Crippen LogP contribution in [0.1, 0.15) is 10.4 Å². The molecule has 1 amide bonds. The lowest BCUT2D eigenvalue weighted by Crippen LogP contribution is -2.28. The summed E-state index contributed by atoms with van der Waals surface area (Å²) in [5, 5.41) is 0. The smallest absolute Gasteiger partial charge is 0.253 e. The van der Waals surface area contributed by atoms with Gasteiger partial charge in [0.25, 0.3) is 5.91 Å². The number of fused-ring (bicyclic) bond motifs is 1. The maximum atomic E-state index is 11.9. The molecule has 0 spiro atoms. The number of rotatable bonds is 3. The first-order valence-electron chi connectivity index (χ1n) is 4.93. The molecule has 1 aliphatic heterocycles. The van der Waals surface area contributed by atoms with Crippen molar-refractivity contribution in [3.05, 3.63) is 23.8 Å². The van der Waals surface area contributed by atoms with Gasteiger partial charge in [0.1, 0.15) is 0 Å². The number of amides is 1. The number of carbonyl (C=O) groups excluding carboxylic acids is 1. The van der Waals surface area contributed by atoms with Crippen molar-refractivity contribution in [3.63, 3.8) is 0 Å². The van der Waals surface area contributed by atoms with Gasteiger partial charge in [0, 0.05) is 25.0 Å². The average Bonchev–Trinajstić information content (AvgIpc) is 2.75. The fourth-order valence-electron chi connectivity index (χ4n) is 1.48. The average molecular weight is 242 g/mol. The van der Waals surface area contributed by atoms with Gasteiger partial charge in [-0.3, -0.25) is 4.79 Å². The van der Waals surface area contributed by atoms with Gasteiger partial charge in [-0.1, -0.05) is 0 Å². The van der Waals surface area contributed by atoms with Gasteiger partial charge < -0.3 is 14.4 Å². The van der Waals surface area contributed by atoms with Crippen LogP contribution >= 0.6 is 11.6 Å². The first-order valence-corrected chi connectivity index (χ1v) is 5.47. The van der Waals surface area contributed by atoms with Gasteiger partial charge in [0.2, 0.25) is 6.79 Å². The fourth-order valence-corrected chi connectivity index (χ4v) is 1.73. The molecule has 2 rings (SSSR count). The van der Waals surface area contributed by atoms with Crippen LogP contribution in [0, 0.1) is 0 Å². The third kappa shape index (κ3) is 2.07. The number of hydrogen-bond acceptors (Lipinski definition) is 3. The molecule has 0 saturated heterocycles. The van der Waals surface area contributed by atoms with Crippen molar-refractivity contribution in [2.75, 3.05) is 26.3 Å². The molecule has 0 saturated carbocycles. The van der Waals surface area contributed by atoms with E-state index in [1.165, 1.54) is 0 Å². The van der Waals surface area contributed by atoms with E-state index in [2.05, 4.69) is 0 Å². The SMILES string of the molecule is CN(CCCl)C(=O)c1ccc2c(c1)OCO2. The summed E-state index contributed by atoms with van der Waals surface area (Å²) < 4.78 is 10.4. The summed E-state index contributed by atoms with van der Waals surface area (Å²) in [6.45, 7) is 0.735. The Morgan fingerprint density at radius 2 is 2.19 bits per heavy atom. The number of hydrogen-bond donors (Lipinski definition) is 0. The van der Waals surface area contributed by atoms with Crippen molar-refractivity contribution >= 4 is 17.5 Å². The van der Waals surface area contributed by atoms with E-state index in [9.17, 15) is 4.79 Å². The summed E-state index contributed by atoms with van der Waals surface area (Å²) >= 11 is 5.58. The normalized spacial score (nSPS) is 12.6. The van der Waals surface area contributed by atoms with Gasteiger partial charge in [-0.25, -0.2) is 0 Å². The second-order valence-electron chi connectivity index (χ2n) is 3.48. The van der Waals surface area contributed by atoms with E-state index in [1.807, 2.05) is 0 Å². The van der Waals surface area contributed by atoms with E-state index in [-0.39, 0.29) is 12.7 Å². The number of carbonyl (C=O) groups is 1. The minimum atomic E-state index is -0.0704. The van der Waals surface area contributed by atoms with Crippen LogP contribution in [0.25, 0.3) is 0 Å². The highest BCUT2D eigenvalue weighted by molar-refractivity contribution is 6.18. The molecule has 0 N–H and O–H groups in total. The Morgan fingerprint density at radius 3 is 2.94 bits per heavy atom. The molecule has 4 nitrogen and oxygen atoms in total. The minimum Gasteiger partial charge on any atom is -0.454 e. The van der Waals surface area contributed by atoms with Gasteiger partial charge in [-0.2, -0.15) is 0 Å². The van der Waals surface area contributed by atoms with E-state index in [4.69, 9.17) is 21.1 Å². The molecule has 16 heavy (non-hydrogen) atoms. The third-order valence-electron chi connectivity index (χ3n) is 2.39. The lowest BCUT2D eigenvalue weighted by molar-refractivity contribution is 0.0803. The molecule has 1 aromatic carbocycles. The predicted molar refractivity (Wildman–Crippen MR) is 60.2 cm³/mol. The molecule has 5 heteroatoms. The molecule has 86 valence electrons. The second kappa shape index (κ2) is 4.61. The maximum absolute atomic E-state index is 11.9. The number of halogens is 1. The van der Waals surface area contributed by atoms with Crippen LogP contribution in [0.3, 0.4) is 0 Å². The Labute approximate surface area is 98.7 Å². The Bertz CT molecular complexity index is 408. The highest BCUT2D eigenvalue weighted by Crippen LogP contribution is 2.32. The Morgan fingerprint density at radius 1 is 1.44 bits per heavy atom. The van der Waals surface area contributed by atoms with E-state index in [1.54, 1.807) is 30.1 Å². The number of benzene rings is 1. The molecule has 0 radical (unpaired) electrons. The van der Waals surface area contributed by atoms with Crippen LogP contribution in [-0.2, 0) is 0 Å². The summed E-state index contributed by atoms with van der Waals surface area (Å²) in [5.74, 6) is 1.65. The summed E-state index contributed by atoms with van der Waals surface area (Å²) in [5.41, 5.74) is 0.580. The molecule has 0 unspecified atom stereocenters. The van der Waals surface area contributed by atoms with Crippen molar-refractivity contribution in [3.8, 4) is 11.5 Å². The van der Waals surface area contributed by atoms with Gasteiger partial charge in [-0.05, 0) is 18.2 Å². The van der Waals surface area contributed by atoms with E-state index < -0.39 is 0 Å². The maximum Gasteiger partial charge on any atom is 0.253 e. The fraction of sp³-hybridized carbons (Fsp3) is 0.364. The minimum absolute atomic E-state index is 0.0704. The summed E-state index contributed by atoms with van der Waals surface area (Å²) in [6.07, 6.45) is 0. The van der Waals surface area contributed by atoms with Crippen LogP contribution in [-0.4, -0.2) is 37.1 Å². The van der Waals surface area contributed by atoms with Crippen LogP contribution in [0.15, 0.2) is 18.2 Å². The molecule has 1 aliphatic rings. The lowest BCUT2D eigenvalue weighted by atomic mass is 10.2. The molecule has 1 heterocycles. The first kappa shape index (κ1) is 11.1. The molecule has 0 fully saturated rings. The molecular weight excluding hydrogens is 230 g/mol. The van der Waals surface area contributed by atoms with Gasteiger partial charge in [-0.15, -0.1) is 11.6 Å². The number of alkyl halides is 1. The zero-order chi connectivity index (χ0) is 11.5. The Hall–Kier alpha value is -1.42. The van der Waals surface area contributed by atoms with Crippen LogP contribution in [0.2, 0.25) is 0 Å². The van der Waals surface area contributed by atoms with Gasteiger partial charge in [0.15, 0.2) is 11.5 Å². The zero-order valence-electron chi connectivity index (χ0n) is 8.90. The number of nitrogens with zero attached hydrogens (tertiary/aromatic N) is 1. The second-order valence-corrected chi connectivity index (χ2v) is 3.86. The molecular formula is C11H12ClNO3. The highest BCUT2D eigenvalue weighted by Gasteiger charge is 2.17. The van der Waals surface area contributed by atoms with Crippen molar-refractivity contribution < 1.29 is 14.3 Å². The summed E-state index contributed by atoms with van der Waals surface area (Å²) in [7, 11) is 1.72. The Balaban J connectivity index is 2.18. The van der Waals surface area contributed by atoms with Crippen LogP contribution in [0.5, 0.6) is 11.5 Å². The van der Waals surface area contributed by atoms with Crippen molar-refractivity contribution in [2.24, 2.45) is 0 Å². The standard InChI is InChI=1S/C11H12ClNO3/c1-13(5-4-12)11(14)8-2-3-9-10(6-8)16-7-15-9/h2-3,6H,4-5,7H2,1H3. The van der Waals surface area contributed by atoms with Gasteiger partial charge in [0.05, 0.1) is 0 Å². The van der Waals surface area contributed by atoms with Crippen molar-refractivity contribution in [1.29, 1.82) is 0 Å². The van der Waals surface area contributed by atoms with E-state index in [0.29, 0.717) is 29.5 Å². The highest BCUT2D eigenvalue weighted by atomic mass is 35.5. The van der Waals surface area contributed by atoms with Crippen molar-refractivity contribution in [1.82, 2.24) is 4.90 Å². The van der Waals surface area contributed by atoms with Crippen LogP contribution in [0.4, 0.5) is 0 Å². The van der Waals surface area contributed by atoms with Gasteiger partial charge >= 0.3 is 0 Å². The monoisotopic (exact) mass is 241 g/mol. The molecule has 0 aliphatic carbocycles. The predicted octanol–water partition coefficient (Wildman–Crippen LogP) is 1.73. The first-order chi connectivity index (χ1) is 7.72. The van der Waals surface area contributed by atoms with E-state index >= 15 is 0 Å². The number of ether oxygens (including phenoxy) is 2. The molecule has 0 bridgehead atoms. The quantitative estimate of drug-likeness (QED) is 0.757. The third-order valence-corrected chi connectivity index (χ3v) is 2.56. The zero-order valence-corrected chi connectivity index (χ0v) is 9.66. The topological polar surface area (TPSA) is 38.8 Å². The Kier molecular flexibility index (Phi) is 3.19. The lowest BCUT2D eigenvalue weighted by Gasteiger charge is -2.15. The largest absolute Gasteiger partial charge is 0.454 e. The molecule has 0 aromatic heterocycles.